The third-order valence-electron chi connectivity index (χ3n) is 4.63. The van der Waals surface area contributed by atoms with Gasteiger partial charge in [-0.1, -0.05) is 41.3 Å². The maximum atomic E-state index is 14.0. The first-order chi connectivity index (χ1) is 13.6. The first kappa shape index (κ1) is 21.5. The highest BCUT2D eigenvalue weighted by Crippen LogP contribution is 2.50. The van der Waals surface area contributed by atoms with Gasteiger partial charge in [-0.25, -0.2) is 4.98 Å². The van der Waals surface area contributed by atoms with Crippen LogP contribution in [0.4, 0.5) is 13.2 Å². The summed E-state index contributed by atoms with van der Waals surface area (Å²) < 4.78 is 47.0. The minimum atomic E-state index is -5.01. The molecule has 3 aromatic rings. The van der Waals surface area contributed by atoms with Crippen molar-refractivity contribution >= 4 is 23.2 Å². The molecule has 0 saturated heterocycles. The second-order valence-corrected chi connectivity index (χ2v) is 7.15. The van der Waals surface area contributed by atoms with Gasteiger partial charge >= 0.3 is 6.18 Å². The van der Waals surface area contributed by atoms with Crippen molar-refractivity contribution in [3.63, 3.8) is 0 Å². The van der Waals surface area contributed by atoms with Crippen molar-refractivity contribution in [3.8, 4) is 11.5 Å². The predicted octanol–water partition coefficient (Wildman–Crippen LogP) is 5.37. The Labute approximate surface area is 174 Å². The second-order valence-electron chi connectivity index (χ2n) is 6.36. The Morgan fingerprint density at radius 1 is 1.21 bits per heavy atom. The van der Waals surface area contributed by atoms with E-state index in [0.29, 0.717) is 17.8 Å². The Bertz CT molecular complexity index is 1030. The van der Waals surface area contributed by atoms with Crippen LogP contribution in [0, 0.1) is 6.92 Å². The smallest absolute Gasteiger partial charge is 0.376 e. The van der Waals surface area contributed by atoms with Gasteiger partial charge in [0.15, 0.2) is 11.4 Å². The van der Waals surface area contributed by atoms with E-state index in [4.69, 9.17) is 27.7 Å². The van der Waals surface area contributed by atoms with Crippen molar-refractivity contribution in [1.82, 2.24) is 15.1 Å². The van der Waals surface area contributed by atoms with Crippen molar-refractivity contribution in [2.45, 2.75) is 31.0 Å². The van der Waals surface area contributed by atoms with Crippen molar-refractivity contribution < 1.29 is 22.8 Å². The van der Waals surface area contributed by atoms with Crippen molar-refractivity contribution in [2.24, 2.45) is 0 Å². The van der Waals surface area contributed by atoms with E-state index in [1.54, 1.807) is 0 Å². The molecule has 0 bridgehead atoms. The van der Waals surface area contributed by atoms with Crippen molar-refractivity contribution in [1.29, 1.82) is 0 Å². The molecule has 1 aromatic carbocycles. The minimum Gasteiger partial charge on any atom is -0.376 e. The number of hydrogen-bond acceptors (Lipinski definition) is 5. The number of nitrogens with zero attached hydrogens (tertiary/aromatic N) is 3. The number of pyridine rings is 1. The molecular formula is C19H15Cl2F3N3O2. The van der Waals surface area contributed by atoms with E-state index in [1.807, 2.05) is 0 Å². The average molecular weight is 445 g/mol. The topological polar surface area (TPSA) is 72.0 Å². The van der Waals surface area contributed by atoms with Crippen LogP contribution in [0.1, 0.15) is 29.8 Å². The lowest BCUT2D eigenvalue weighted by Gasteiger charge is -2.37. The average Bonchev–Trinajstić information content (AvgIpc) is 3.15. The molecule has 2 atom stereocenters. The maximum absolute atomic E-state index is 14.0. The number of aliphatic hydroxyl groups is 1. The molecule has 0 aliphatic rings. The van der Waals surface area contributed by atoms with Gasteiger partial charge in [-0.3, -0.25) is 0 Å². The molecule has 2 unspecified atom stereocenters. The van der Waals surface area contributed by atoms with Crippen LogP contribution in [0.15, 0.2) is 41.1 Å². The number of halogens is 5. The van der Waals surface area contributed by atoms with Crippen LogP contribution in [0.25, 0.3) is 11.5 Å². The Morgan fingerprint density at radius 2 is 1.93 bits per heavy atom. The second kappa shape index (κ2) is 7.93. The normalized spacial score (nSPS) is 15.2. The van der Waals surface area contributed by atoms with Gasteiger partial charge in [0, 0.05) is 29.1 Å². The summed E-state index contributed by atoms with van der Waals surface area (Å²) in [4.78, 5) is 7.78. The molecule has 10 heteroatoms. The molecular weight excluding hydrogens is 430 g/mol. The van der Waals surface area contributed by atoms with Gasteiger partial charge in [-0.15, -0.1) is 0 Å². The van der Waals surface area contributed by atoms with Crippen LogP contribution in [-0.2, 0) is 12.0 Å². The lowest BCUT2D eigenvalue weighted by Crippen LogP contribution is -2.46. The van der Waals surface area contributed by atoms with Crippen LogP contribution in [0.3, 0.4) is 0 Å². The number of aromatic nitrogens is 3. The van der Waals surface area contributed by atoms with Gasteiger partial charge < -0.3 is 9.63 Å². The molecule has 5 nitrogen and oxygen atoms in total. The number of rotatable bonds is 5. The Morgan fingerprint density at radius 3 is 2.48 bits per heavy atom. The first-order valence-corrected chi connectivity index (χ1v) is 9.16. The predicted molar refractivity (Wildman–Crippen MR) is 101 cm³/mol. The fourth-order valence-corrected chi connectivity index (χ4v) is 3.53. The van der Waals surface area contributed by atoms with Crippen molar-refractivity contribution in [2.75, 3.05) is 0 Å². The van der Waals surface area contributed by atoms with Crippen LogP contribution < -0.4 is 0 Å². The minimum absolute atomic E-state index is 0.00667. The molecule has 0 spiro atoms. The zero-order chi connectivity index (χ0) is 21.4. The SMILES string of the molecule is [CH2]Cc1noc(-c2ccc(C(C)C(O)(c3ccnc(Cl)c3)C(F)(F)F)c(Cl)c2)n1. The fourth-order valence-electron chi connectivity index (χ4n) is 3.01. The largest absolute Gasteiger partial charge is 0.422 e. The quantitative estimate of drug-likeness (QED) is 0.535. The molecule has 1 N–H and O–H groups in total. The molecule has 0 saturated carbocycles. The lowest BCUT2D eigenvalue weighted by molar-refractivity contribution is -0.274. The first-order valence-electron chi connectivity index (χ1n) is 8.40. The van der Waals surface area contributed by atoms with Gasteiger partial charge in [-0.05, 0) is 42.3 Å². The molecule has 1 radical (unpaired) electrons. The van der Waals surface area contributed by atoms with Gasteiger partial charge in [0.2, 0.25) is 0 Å². The van der Waals surface area contributed by atoms with Crippen LogP contribution in [0.5, 0.6) is 0 Å². The molecule has 153 valence electrons. The standard InChI is InChI=1S/C19H15Cl2F3N3O2/c1-3-16-26-17(29-27-16)11-4-5-13(14(20)8-11)10(2)18(28,19(22,23)24)12-6-7-25-15(21)9-12/h4-10,28H,1,3H2,2H3. The van der Waals surface area contributed by atoms with Crippen LogP contribution in [-0.4, -0.2) is 26.4 Å². The van der Waals surface area contributed by atoms with Crippen LogP contribution >= 0.6 is 23.2 Å². The summed E-state index contributed by atoms with van der Waals surface area (Å²) in [5.74, 6) is -0.910. The van der Waals surface area contributed by atoms with E-state index in [0.717, 1.165) is 18.3 Å². The summed E-state index contributed by atoms with van der Waals surface area (Å²) in [6, 6.07) is 6.33. The molecule has 0 amide bonds. The van der Waals surface area contributed by atoms with E-state index in [2.05, 4.69) is 22.0 Å². The molecule has 0 aliphatic heterocycles. The van der Waals surface area contributed by atoms with E-state index in [-0.39, 0.29) is 21.6 Å². The van der Waals surface area contributed by atoms with Crippen molar-refractivity contribution in [3.05, 3.63) is 70.6 Å². The number of hydrogen-bond donors (Lipinski definition) is 1. The number of benzene rings is 1. The summed E-state index contributed by atoms with van der Waals surface area (Å²) in [7, 11) is 0. The molecule has 29 heavy (non-hydrogen) atoms. The molecule has 0 aliphatic carbocycles. The zero-order valence-electron chi connectivity index (χ0n) is 15.0. The van der Waals surface area contributed by atoms with E-state index >= 15 is 0 Å². The van der Waals surface area contributed by atoms with Gasteiger partial charge in [-0.2, -0.15) is 18.2 Å². The Balaban J connectivity index is 2.05. The monoisotopic (exact) mass is 444 g/mol. The summed E-state index contributed by atoms with van der Waals surface area (Å²) in [6.07, 6.45) is -3.59. The molecule has 2 aromatic heterocycles. The lowest BCUT2D eigenvalue weighted by atomic mass is 9.78. The number of alkyl halides is 3. The molecule has 0 fully saturated rings. The molecule has 2 heterocycles. The summed E-state index contributed by atoms with van der Waals surface area (Å²) in [6.45, 7) is 4.88. The highest BCUT2D eigenvalue weighted by molar-refractivity contribution is 6.31. The molecule has 3 rings (SSSR count). The van der Waals surface area contributed by atoms with Crippen LogP contribution in [0.2, 0.25) is 10.2 Å². The van der Waals surface area contributed by atoms with E-state index in [1.165, 1.54) is 25.1 Å². The van der Waals surface area contributed by atoms with E-state index in [9.17, 15) is 18.3 Å². The maximum Gasteiger partial charge on any atom is 0.422 e. The zero-order valence-corrected chi connectivity index (χ0v) is 16.6. The summed E-state index contributed by atoms with van der Waals surface area (Å²) in [5, 5.41) is 14.3. The van der Waals surface area contributed by atoms with Gasteiger partial charge in [0.1, 0.15) is 5.15 Å². The third-order valence-corrected chi connectivity index (χ3v) is 5.17. The Kier molecular flexibility index (Phi) is 5.89. The summed E-state index contributed by atoms with van der Waals surface area (Å²) in [5.41, 5.74) is -3.16. The van der Waals surface area contributed by atoms with Gasteiger partial charge in [0.05, 0.1) is 0 Å². The van der Waals surface area contributed by atoms with E-state index < -0.39 is 23.3 Å². The summed E-state index contributed by atoms with van der Waals surface area (Å²) >= 11 is 12.0. The highest BCUT2D eigenvalue weighted by atomic mass is 35.5. The third kappa shape index (κ3) is 3.97. The fraction of sp³-hybridized carbons (Fsp3) is 0.263. The highest BCUT2D eigenvalue weighted by Gasteiger charge is 2.59. The Hall–Kier alpha value is -2.16. The van der Waals surface area contributed by atoms with Gasteiger partial charge in [0.25, 0.3) is 5.89 Å².